The van der Waals surface area contributed by atoms with E-state index in [0.717, 1.165) is 12.8 Å². The van der Waals surface area contributed by atoms with E-state index in [1.165, 1.54) is 0 Å². The van der Waals surface area contributed by atoms with Crippen LogP contribution in [-0.2, 0) is 9.53 Å². The Labute approximate surface area is 89.5 Å². The number of unbranched alkanes of at least 4 members (excludes halogenated alkanes) is 1. The van der Waals surface area contributed by atoms with E-state index in [1.54, 1.807) is 0 Å². The summed E-state index contributed by atoms with van der Waals surface area (Å²) in [6.07, 6.45) is 4.15. The van der Waals surface area contributed by atoms with Gasteiger partial charge >= 0.3 is 5.97 Å². The van der Waals surface area contributed by atoms with Gasteiger partial charge in [0.2, 0.25) is 0 Å². The van der Waals surface area contributed by atoms with Crippen LogP contribution in [0.1, 0.15) is 33.6 Å². The van der Waals surface area contributed by atoms with Gasteiger partial charge in [0.15, 0.2) is 0 Å². The SMILES string of the molecule is C[SiH2]C=CCCCOC(=O)C(C)(C)C. The van der Waals surface area contributed by atoms with Gasteiger partial charge in [-0.05, 0) is 33.6 Å². The fourth-order valence-electron chi connectivity index (χ4n) is 0.867. The van der Waals surface area contributed by atoms with Gasteiger partial charge in [-0.25, -0.2) is 0 Å². The molecule has 0 aliphatic carbocycles. The molecule has 0 bridgehead atoms. The number of hydrogen-bond acceptors (Lipinski definition) is 2. The van der Waals surface area contributed by atoms with E-state index in [2.05, 4.69) is 18.3 Å². The highest BCUT2D eigenvalue weighted by Crippen LogP contribution is 2.15. The molecule has 0 atom stereocenters. The van der Waals surface area contributed by atoms with Gasteiger partial charge in [-0.1, -0.05) is 12.6 Å². The smallest absolute Gasteiger partial charge is 0.311 e. The molecule has 0 saturated heterocycles. The zero-order chi connectivity index (χ0) is 11.0. The first-order valence-electron chi connectivity index (χ1n) is 5.30. The van der Waals surface area contributed by atoms with Crippen molar-refractivity contribution >= 4 is 15.5 Å². The molecular formula is C11H22O2Si. The van der Waals surface area contributed by atoms with Crippen molar-refractivity contribution in [2.75, 3.05) is 6.61 Å². The van der Waals surface area contributed by atoms with Crippen molar-refractivity contribution in [3.05, 3.63) is 11.8 Å². The van der Waals surface area contributed by atoms with Gasteiger partial charge < -0.3 is 4.74 Å². The minimum atomic E-state index is -0.369. The average molecular weight is 214 g/mol. The molecule has 0 aromatic heterocycles. The lowest BCUT2D eigenvalue weighted by Crippen LogP contribution is -2.23. The molecule has 0 aliphatic heterocycles. The summed E-state index contributed by atoms with van der Waals surface area (Å²) in [6.45, 7) is 8.41. The van der Waals surface area contributed by atoms with E-state index >= 15 is 0 Å². The summed E-state index contributed by atoms with van der Waals surface area (Å²) in [5.74, 6) is -0.105. The first-order chi connectivity index (χ1) is 6.48. The first-order valence-corrected chi connectivity index (χ1v) is 7.53. The molecule has 14 heavy (non-hydrogen) atoms. The molecule has 0 N–H and O–H groups in total. The van der Waals surface area contributed by atoms with Crippen molar-refractivity contribution in [3.63, 3.8) is 0 Å². The van der Waals surface area contributed by atoms with Crippen LogP contribution in [0, 0.1) is 5.41 Å². The van der Waals surface area contributed by atoms with Crippen LogP contribution in [0.3, 0.4) is 0 Å². The summed E-state index contributed by atoms with van der Waals surface area (Å²) in [7, 11) is 0.0534. The van der Waals surface area contributed by atoms with E-state index in [4.69, 9.17) is 4.74 Å². The molecule has 0 rings (SSSR count). The van der Waals surface area contributed by atoms with Crippen molar-refractivity contribution in [2.45, 2.75) is 40.2 Å². The molecular weight excluding hydrogens is 192 g/mol. The van der Waals surface area contributed by atoms with Crippen LogP contribution in [0.2, 0.25) is 6.55 Å². The van der Waals surface area contributed by atoms with Gasteiger partial charge in [0.05, 0.1) is 12.0 Å². The quantitative estimate of drug-likeness (QED) is 0.398. The Hall–Kier alpha value is -0.573. The van der Waals surface area contributed by atoms with E-state index in [1.807, 2.05) is 20.8 Å². The van der Waals surface area contributed by atoms with Gasteiger partial charge in [0, 0.05) is 9.52 Å². The number of esters is 1. The lowest BCUT2D eigenvalue weighted by molar-refractivity contribution is -0.152. The second-order valence-corrected chi connectivity index (χ2v) is 5.70. The number of carbonyl (C=O) groups excluding carboxylic acids is 1. The van der Waals surface area contributed by atoms with E-state index < -0.39 is 0 Å². The number of allylic oxidation sites excluding steroid dienone is 1. The van der Waals surface area contributed by atoms with Crippen molar-refractivity contribution in [1.29, 1.82) is 0 Å². The molecule has 0 heterocycles. The van der Waals surface area contributed by atoms with Gasteiger partial charge in [-0.2, -0.15) is 0 Å². The predicted molar refractivity (Wildman–Crippen MR) is 63.2 cm³/mol. The molecule has 0 aromatic rings. The molecule has 0 amide bonds. The third kappa shape index (κ3) is 6.89. The Bertz CT molecular complexity index is 192. The molecule has 0 saturated carbocycles. The Balaban J connectivity index is 3.46. The monoisotopic (exact) mass is 214 g/mol. The van der Waals surface area contributed by atoms with Crippen molar-refractivity contribution in [2.24, 2.45) is 5.41 Å². The van der Waals surface area contributed by atoms with Gasteiger partial charge in [-0.15, -0.1) is 5.70 Å². The molecule has 0 fully saturated rings. The summed E-state index contributed by atoms with van der Waals surface area (Å²) in [5.41, 5.74) is 1.90. The third-order valence-corrected chi connectivity index (χ3v) is 2.57. The minimum absolute atomic E-state index is 0.0534. The summed E-state index contributed by atoms with van der Waals surface area (Å²) in [5, 5.41) is 0. The number of hydrogen-bond donors (Lipinski definition) is 0. The highest BCUT2D eigenvalue weighted by atomic mass is 28.2. The maximum absolute atomic E-state index is 11.3. The van der Waals surface area contributed by atoms with E-state index in [-0.39, 0.29) is 20.9 Å². The Morgan fingerprint density at radius 3 is 2.57 bits per heavy atom. The fourth-order valence-corrected chi connectivity index (χ4v) is 1.44. The van der Waals surface area contributed by atoms with Crippen LogP contribution in [0.4, 0.5) is 0 Å². The van der Waals surface area contributed by atoms with Crippen LogP contribution < -0.4 is 0 Å². The molecule has 0 unspecified atom stereocenters. The first kappa shape index (κ1) is 13.4. The Kier molecular flexibility index (Phi) is 6.54. The number of carbonyl (C=O) groups is 1. The van der Waals surface area contributed by atoms with E-state index in [0.29, 0.717) is 6.61 Å². The van der Waals surface area contributed by atoms with Crippen molar-refractivity contribution in [1.82, 2.24) is 0 Å². The second kappa shape index (κ2) is 6.82. The largest absolute Gasteiger partial charge is 0.465 e. The Morgan fingerprint density at radius 2 is 2.07 bits per heavy atom. The molecule has 0 aromatic carbocycles. The van der Waals surface area contributed by atoms with Crippen molar-refractivity contribution in [3.8, 4) is 0 Å². The third-order valence-electron chi connectivity index (χ3n) is 1.76. The highest BCUT2D eigenvalue weighted by molar-refractivity contribution is 6.40. The standard InChI is InChI=1S/C11H22O2Si/c1-11(2,3)10(12)13-8-6-5-7-9-14-4/h7,9H,5-6,8,14H2,1-4H3. The zero-order valence-electron chi connectivity index (χ0n) is 9.80. The zero-order valence-corrected chi connectivity index (χ0v) is 11.2. The fraction of sp³-hybridized carbons (Fsp3) is 0.727. The molecule has 82 valence electrons. The van der Waals surface area contributed by atoms with Crippen LogP contribution >= 0.6 is 0 Å². The summed E-state index contributed by atoms with van der Waals surface area (Å²) in [6, 6.07) is 0. The lowest BCUT2D eigenvalue weighted by Gasteiger charge is -2.16. The molecule has 0 spiro atoms. The Morgan fingerprint density at radius 1 is 1.43 bits per heavy atom. The highest BCUT2D eigenvalue weighted by Gasteiger charge is 2.22. The van der Waals surface area contributed by atoms with Crippen LogP contribution in [-0.4, -0.2) is 22.1 Å². The van der Waals surface area contributed by atoms with Gasteiger partial charge in [0.25, 0.3) is 0 Å². The van der Waals surface area contributed by atoms with E-state index in [9.17, 15) is 4.79 Å². The number of rotatable bonds is 5. The summed E-state index contributed by atoms with van der Waals surface area (Å²) >= 11 is 0. The second-order valence-electron chi connectivity index (χ2n) is 4.41. The summed E-state index contributed by atoms with van der Waals surface area (Å²) < 4.78 is 5.13. The predicted octanol–water partition coefficient (Wildman–Crippen LogP) is 2.09. The molecule has 0 aliphatic rings. The molecule has 0 radical (unpaired) electrons. The van der Waals surface area contributed by atoms with Gasteiger partial charge in [0.1, 0.15) is 0 Å². The van der Waals surface area contributed by atoms with Crippen LogP contribution in [0.5, 0.6) is 0 Å². The minimum Gasteiger partial charge on any atom is -0.465 e. The van der Waals surface area contributed by atoms with Crippen LogP contribution in [0.15, 0.2) is 11.8 Å². The lowest BCUT2D eigenvalue weighted by atomic mass is 9.97. The number of ether oxygens (including phenoxy) is 1. The molecule has 3 heteroatoms. The maximum atomic E-state index is 11.3. The van der Waals surface area contributed by atoms with Gasteiger partial charge in [-0.3, -0.25) is 4.79 Å². The average Bonchev–Trinajstić information content (AvgIpc) is 2.09. The van der Waals surface area contributed by atoms with Crippen molar-refractivity contribution < 1.29 is 9.53 Å². The summed E-state index contributed by atoms with van der Waals surface area (Å²) in [4.78, 5) is 11.3. The van der Waals surface area contributed by atoms with Crippen LogP contribution in [0.25, 0.3) is 0 Å². The normalized spacial score (nSPS) is 12.9. The molecule has 2 nitrogen and oxygen atoms in total. The maximum Gasteiger partial charge on any atom is 0.311 e. The topological polar surface area (TPSA) is 26.3 Å².